The Morgan fingerprint density at radius 2 is 1.92 bits per heavy atom. The number of likely N-dealkylation sites (tertiary alicyclic amines) is 1. The lowest BCUT2D eigenvalue weighted by Gasteiger charge is -2.38. The Bertz CT molecular complexity index is 1350. The number of amides is 2. The molecular weight excluding hydrogens is 506 g/mol. The van der Waals surface area contributed by atoms with Crippen LogP contribution >= 0.6 is 0 Å². The SMILES string of the molecule is C#Cc1ccc(CN(CCOC(=O)O)CC2CCCCN2C(=O)NCC2=Cc3ccccc3S2(=O)=O)cc1. The molecule has 2 N–H and O–H groups in total. The summed E-state index contributed by atoms with van der Waals surface area (Å²) in [4.78, 5) is 28.3. The fourth-order valence-corrected chi connectivity index (χ4v) is 6.39. The van der Waals surface area contributed by atoms with E-state index < -0.39 is 16.0 Å². The van der Waals surface area contributed by atoms with Crippen molar-refractivity contribution >= 4 is 28.1 Å². The molecule has 9 nitrogen and oxygen atoms in total. The van der Waals surface area contributed by atoms with E-state index in [1.54, 1.807) is 35.2 Å². The summed E-state index contributed by atoms with van der Waals surface area (Å²) in [5.74, 6) is 2.59. The lowest BCUT2D eigenvalue weighted by Crippen LogP contribution is -2.53. The van der Waals surface area contributed by atoms with Crippen LogP contribution in [0.3, 0.4) is 0 Å². The summed E-state index contributed by atoms with van der Waals surface area (Å²) in [6.45, 7) is 1.88. The van der Waals surface area contributed by atoms with Crippen LogP contribution in [0.5, 0.6) is 0 Å². The first-order valence-electron chi connectivity index (χ1n) is 12.5. The number of urea groups is 1. The van der Waals surface area contributed by atoms with Gasteiger partial charge in [-0.3, -0.25) is 4.90 Å². The highest BCUT2D eigenvalue weighted by molar-refractivity contribution is 7.95. The van der Waals surface area contributed by atoms with Crippen LogP contribution in [0.1, 0.15) is 36.0 Å². The standard InChI is InChI=1S/C28H31N3O6S/c1-2-21-10-12-22(13-11-21)19-30(15-16-37-28(33)34)20-24-8-5-6-14-31(24)27(32)29-18-25-17-23-7-3-4-9-26(23)38(25,35)36/h1,3-4,7,9-13,17,24H,5-6,8,14-16,18-20H2,(H,29,32)(H,33,34). The van der Waals surface area contributed by atoms with Crippen LogP contribution in [0, 0.1) is 12.3 Å². The number of hydrogen-bond acceptors (Lipinski definition) is 6. The molecule has 200 valence electrons. The lowest BCUT2D eigenvalue weighted by atomic mass is 10.0. The summed E-state index contributed by atoms with van der Waals surface area (Å²) in [6, 6.07) is 13.9. The van der Waals surface area contributed by atoms with Gasteiger partial charge in [0, 0.05) is 37.8 Å². The molecule has 38 heavy (non-hydrogen) atoms. The van der Waals surface area contributed by atoms with Crippen LogP contribution in [-0.4, -0.2) is 74.3 Å². The van der Waals surface area contributed by atoms with E-state index >= 15 is 0 Å². The van der Waals surface area contributed by atoms with E-state index in [1.165, 1.54) is 0 Å². The van der Waals surface area contributed by atoms with Gasteiger partial charge in [0.2, 0.25) is 9.84 Å². The fraction of sp³-hybridized carbons (Fsp3) is 0.357. The molecular formula is C28H31N3O6S. The minimum Gasteiger partial charge on any atom is -0.450 e. The third-order valence-electron chi connectivity index (χ3n) is 6.80. The van der Waals surface area contributed by atoms with Crippen molar-refractivity contribution in [1.82, 2.24) is 15.1 Å². The predicted octanol–water partition coefficient (Wildman–Crippen LogP) is 3.56. The Morgan fingerprint density at radius 1 is 1.16 bits per heavy atom. The first kappa shape index (κ1) is 27.2. The van der Waals surface area contributed by atoms with E-state index in [0.717, 1.165) is 30.4 Å². The molecule has 1 saturated heterocycles. The molecule has 2 aromatic rings. The number of piperidine rings is 1. The summed E-state index contributed by atoms with van der Waals surface area (Å²) < 4.78 is 30.4. The van der Waals surface area contributed by atoms with E-state index in [-0.39, 0.29) is 35.0 Å². The monoisotopic (exact) mass is 537 g/mol. The molecule has 0 saturated carbocycles. The largest absolute Gasteiger partial charge is 0.505 e. The number of carbonyl (C=O) groups excluding carboxylic acids is 1. The van der Waals surface area contributed by atoms with Crippen molar-refractivity contribution in [3.8, 4) is 12.3 Å². The Labute approximate surface area is 223 Å². The smallest absolute Gasteiger partial charge is 0.450 e. The molecule has 0 aromatic heterocycles. The second-order valence-electron chi connectivity index (χ2n) is 9.34. The Hall–Kier alpha value is -3.81. The number of benzene rings is 2. The van der Waals surface area contributed by atoms with Crippen molar-refractivity contribution in [3.05, 3.63) is 70.1 Å². The van der Waals surface area contributed by atoms with E-state index in [2.05, 4.69) is 16.1 Å². The molecule has 2 heterocycles. The van der Waals surface area contributed by atoms with E-state index in [9.17, 15) is 18.0 Å². The minimum atomic E-state index is -3.62. The molecule has 0 aliphatic carbocycles. The summed E-state index contributed by atoms with van der Waals surface area (Å²) in [5, 5.41) is 11.7. The fourth-order valence-electron chi connectivity index (χ4n) is 4.86. The van der Waals surface area contributed by atoms with E-state index in [1.807, 2.05) is 24.3 Å². The Balaban J connectivity index is 1.42. The number of fused-ring (bicyclic) bond motifs is 1. The van der Waals surface area contributed by atoms with Gasteiger partial charge in [-0.15, -0.1) is 6.42 Å². The van der Waals surface area contributed by atoms with Gasteiger partial charge in [0.1, 0.15) is 6.61 Å². The first-order chi connectivity index (χ1) is 18.3. The number of ether oxygens (including phenoxy) is 1. The maximum Gasteiger partial charge on any atom is 0.505 e. The van der Waals surface area contributed by atoms with E-state index in [4.69, 9.17) is 16.3 Å². The van der Waals surface area contributed by atoms with Gasteiger partial charge in [0.05, 0.1) is 16.3 Å². The van der Waals surface area contributed by atoms with Crippen molar-refractivity contribution in [2.75, 3.05) is 32.8 Å². The highest BCUT2D eigenvalue weighted by Gasteiger charge is 2.32. The maximum absolute atomic E-state index is 13.2. The highest BCUT2D eigenvalue weighted by atomic mass is 32.2. The van der Waals surface area contributed by atoms with Gasteiger partial charge in [0.25, 0.3) is 0 Å². The highest BCUT2D eigenvalue weighted by Crippen LogP contribution is 2.32. The van der Waals surface area contributed by atoms with Crippen LogP contribution in [0.25, 0.3) is 6.08 Å². The van der Waals surface area contributed by atoms with Gasteiger partial charge in [-0.1, -0.05) is 36.3 Å². The van der Waals surface area contributed by atoms with Crippen molar-refractivity contribution in [1.29, 1.82) is 0 Å². The molecule has 2 aliphatic rings. The molecule has 1 unspecified atom stereocenters. The van der Waals surface area contributed by atoms with Gasteiger partial charge in [-0.2, -0.15) is 0 Å². The van der Waals surface area contributed by atoms with Crippen LogP contribution < -0.4 is 5.32 Å². The normalized spacial score (nSPS) is 17.8. The number of carbonyl (C=O) groups is 2. The molecule has 2 aromatic carbocycles. The number of sulfone groups is 1. The van der Waals surface area contributed by atoms with Crippen LogP contribution in [0.4, 0.5) is 9.59 Å². The zero-order chi connectivity index (χ0) is 27.1. The molecule has 1 atom stereocenters. The van der Waals surface area contributed by atoms with Crippen LogP contribution in [0.15, 0.2) is 58.3 Å². The van der Waals surface area contributed by atoms with Gasteiger partial charge in [-0.05, 0) is 54.7 Å². The van der Waals surface area contributed by atoms with E-state index in [0.29, 0.717) is 31.7 Å². The molecule has 10 heteroatoms. The molecule has 0 bridgehead atoms. The van der Waals surface area contributed by atoms with Crippen molar-refractivity contribution < 1.29 is 27.9 Å². The lowest BCUT2D eigenvalue weighted by molar-refractivity contribution is 0.0697. The molecule has 4 rings (SSSR count). The topological polar surface area (TPSA) is 116 Å². The molecule has 2 aliphatic heterocycles. The first-order valence-corrected chi connectivity index (χ1v) is 14.0. The Morgan fingerprint density at radius 3 is 2.63 bits per heavy atom. The average Bonchev–Trinajstić information content (AvgIpc) is 3.17. The molecule has 0 spiro atoms. The predicted molar refractivity (Wildman–Crippen MR) is 143 cm³/mol. The van der Waals surface area contributed by atoms with Crippen LogP contribution in [-0.2, 0) is 21.1 Å². The number of hydrogen-bond donors (Lipinski definition) is 2. The second-order valence-corrected chi connectivity index (χ2v) is 11.3. The quantitative estimate of drug-likeness (QED) is 0.371. The molecule has 2 amide bonds. The Kier molecular flexibility index (Phi) is 8.71. The summed E-state index contributed by atoms with van der Waals surface area (Å²) in [6.07, 6.45) is 8.32. The van der Waals surface area contributed by atoms with Crippen molar-refractivity contribution in [2.45, 2.75) is 36.7 Å². The number of carboxylic acid groups (broad SMARTS) is 1. The summed E-state index contributed by atoms with van der Waals surface area (Å²) >= 11 is 0. The second kappa shape index (κ2) is 12.2. The van der Waals surface area contributed by atoms with Crippen LogP contribution in [0.2, 0.25) is 0 Å². The van der Waals surface area contributed by atoms with Crippen molar-refractivity contribution in [2.24, 2.45) is 0 Å². The third kappa shape index (κ3) is 6.54. The van der Waals surface area contributed by atoms with Crippen molar-refractivity contribution in [3.63, 3.8) is 0 Å². The van der Waals surface area contributed by atoms with Gasteiger partial charge in [-0.25, -0.2) is 18.0 Å². The zero-order valence-corrected chi connectivity index (χ0v) is 21.8. The number of nitrogens with zero attached hydrogens (tertiary/aromatic N) is 2. The summed E-state index contributed by atoms with van der Waals surface area (Å²) in [5.41, 5.74) is 2.40. The number of nitrogens with one attached hydrogen (secondary N) is 1. The maximum atomic E-state index is 13.2. The number of terminal acetylenes is 1. The average molecular weight is 538 g/mol. The third-order valence-corrected chi connectivity index (χ3v) is 8.70. The van der Waals surface area contributed by atoms with Gasteiger partial charge < -0.3 is 20.1 Å². The zero-order valence-electron chi connectivity index (χ0n) is 21.0. The molecule has 1 fully saturated rings. The summed E-state index contributed by atoms with van der Waals surface area (Å²) in [7, 11) is -3.62. The minimum absolute atomic E-state index is 0.00324. The number of rotatable bonds is 9. The molecule has 0 radical (unpaired) electrons. The van der Waals surface area contributed by atoms with Gasteiger partial charge >= 0.3 is 12.2 Å². The van der Waals surface area contributed by atoms with Gasteiger partial charge in [0.15, 0.2) is 0 Å².